The lowest BCUT2D eigenvalue weighted by atomic mass is 10.1. The van der Waals surface area contributed by atoms with Gasteiger partial charge in [0.1, 0.15) is 0 Å². The Balaban J connectivity index is 2.34. The predicted octanol–water partition coefficient (Wildman–Crippen LogP) is 3.13. The first-order valence-electron chi connectivity index (χ1n) is 7.72. The largest absolute Gasteiger partial charge is 0.452 e. The number of rotatable bonds is 6. The van der Waals surface area contributed by atoms with Crippen molar-refractivity contribution in [3.63, 3.8) is 0 Å². The maximum absolute atomic E-state index is 11.8. The lowest BCUT2D eigenvalue weighted by molar-refractivity contribution is -0.151. The van der Waals surface area contributed by atoms with Gasteiger partial charge >= 0.3 is 12.0 Å². The number of thioether (sulfide) groups is 1. The Hall–Kier alpha value is -1.73. The van der Waals surface area contributed by atoms with Gasteiger partial charge in [0, 0.05) is 16.3 Å². The van der Waals surface area contributed by atoms with Gasteiger partial charge in [-0.3, -0.25) is 14.9 Å². The van der Waals surface area contributed by atoms with Crippen LogP contribution in [0.15, 0.2) is 24.3 Å². The van der Waals surface area contributed by atoms with E-state index in [1.165, 1.54) is 18.7 Å². The first kappa shape index (κ1) is 21.3. The summed E-state index contributed by atoms with van der Waals surface area (Å²) >= 11 is 7.37. The minimum Gasteiger partial charge on any atom is -0.452 e. The third-order valence-corrected chi connectivity index (χ3v) is 4.16. The van der Waals surface area contributed by atoms with Crippen molar-refractivity contribution in [2.24, 2.45) is 0 Å². The summed E-state index contributed by atoms with van der Waals surface area (Å²) in [5.74, 6) is -0.567. The first-order valence-corrected chi connectivity index (χ1v) is 9.25. The SMILES string of the molecule is C[C@@H](OC(=O)CSCc1ccccc1Cl)C(=O)NC(=O)NC(C)(C)C. The number of esters is 1. The summed E-state index contributed by atoms with van der Waals surface area (Å²) in [6, 6.07) is 6.74. The molecule has 8 heteroatoms. The van der Waals surface area contributed by atoms with Gasteiger partial charge in [0.15, 0.2) is 6.10 Å². The highest BCUT2D eigenvalue weighted by Gasteiger charge is 2.22. The van der Waals surface area contributed by atoms with E-state index >= 15 is 0 Å². The van der Waals surface area contributed by atoms with Gasteiger partial charge < -0.3 is 10.1 Å². The number of ether oxygens (including phenoxy) is 1. The Bertz CT molecular complexity index is 631. The van der Waals surface area contributed by atoms with Crippen LogP contribution in [-0.2, 0) is 20.1 Å². The van der Waals surface area contributed by atoms with Crippen LogP contribution in [0.3, 0.4) is 0 Å². The lowest BCUT2D eigenvalue weighted by Crippen LogP contribution is -2.50. The summed E-state index contributed by atoms with van der Waals surface area (Å²) in [5.41, 5.74) is 0.450. The van der Waals surface area contributed by atoms with Gasteiger partial charge in [-0.25, -0.2) is 4.79 Å². The van der Waals surface area contributed by atoms with Gasteiger partial charge in [-0.15, -0.1) is 11.8 Å². The summed E-state index contributed by atoms with van der Waals surface area (Å²) in [6.07, 6.45) is -1.06. The molecular formula is C17H23ClN2O4S. The molecule has 0 bridgehead atoms. The van der Waals surface area contributed by atoms with Gasteiger partial charge in [-0.05, 0) is 39.3 Å². The molecule has 0 aliphatic carbocycles. The van der Waals surface area contributed by atoms with Crippen molar-refractivity contribution in [1.29, 1.82) is 0 Å². The maximum atomic E-state index is 11.8. The Morgan fingerprint density at radius 3 is 2.48 bits per heavy atom. The van der Waals surface area contributed by atoms with Crippen LogP contribution in [0.1, 0.15) is 33.3 Å². The third-order valence-electron chi connectivity index (χ3n) is 2.84. The number of hydrogen-bond acceptors (Lipinski definition) is 5. The molecule has 0 heterocycles. The fourth-order valence-corrected chi connectivity index (χ4v) is 2.82. The summed E-state index contributed by atoms with van der Waals surface area (Å²) in [7, 11) is 0. The highest BCUT2D eigenvalue weighted by Crippen LogP contribution is 2.20. The Morgan fingerprint density at radius 2 is 1.88 bits per heavy atom. The Labute approximate surface area is 157 Å². The van der Waals surface area contributed by atoms with Gasteiger partial charge in [-0.2, -0.15) is 0 Å². The molecule has 0 aliphatic heterocycles. The van der Waals surface area contributed by atoms with Gasteiger partial charge in [-0.1, -0.05) is 29.8 Å². The summed E-state index contributed by atoms with van der Waals surface area (Å²) in [5, 5.41) is 5.37. The average Bonchev–Trinajstić information content (AvgIpc) is 2.47. The second-order valence-electron chi connectivity index (χ2n) is 6.41. The van der Waals surface area contributed by atoms with Gasteiger partial charge in [0.2, 0.25) is 0 Å². The normalized spacial score (nSPS) is 12.2. The molecule has 2 N–H and O–H groups in total. The van der Waals surface area contributed by atoms with E-state index in [-0.39, 0.29) is 5.75 Å². The molecule has 3 amide bonds. The zero-order valence-corrected chi connectivity index (χ0v) is 16.3. The zero-order chi connectivity index (χ0) is 19.0. The highest BCUT2D eigenvalue weighted by atomic mass is 35.5. The van der Waals surface area contributed by atoms with Gasteiger partial charge in [0.05, 0.1) is 5.75 Å². The lowest BCUT2D eigenvalue weighted by Gasteiger charge is -2.21. The van der Waals surface area contributed by atoms with Crippen LogP contribution in [0.2, 0.25) is 5.02 Å². The van der Waals surface area contributed by atoms with Crippen LogP contribution in [0.4, 0.5) is 4.79 Å². The molecule has 0 saturated carbocycles. The molecule has 138 valence electrons. The molecular weight excluding hydrogens is 364 g/mol. The smallest absolute Gasteiger partial charge is 0.321 e. The molecule has 0 spiro atoms. The number of halogens is 1. The van der Waals surface area contributed by atoms with Crippen molar-refractivity contribution in [1.82, 2.24) is 10.6 Å². The molecule has 1 atom stereocenters. The summed E-state index contributed by atoms with van der Waals surface area (Å²) in [6.45, 7) is 6.78. The standard InChI is InChI=1S/C17H23ClN2O4S/c1-11(15(22)19-16(23)20-17(2,3)4)24-14(21)10-25-9-12-7-5-6-8-13(12)18/h5-8,11H,9-10H2,1-4H3,(H2,19,20,22,23)/t11-/m1/s1. The molecule has 0 aliphatic rings. The van der Waals surface area contributed by atoms with Crippen LogP contribution >= 0.6 is 23.4 Å². The molecule has 0 fully saturated rings. The number of imide groups is 1. The number of benzene rings is 1. The van der Waals surface area contributed by atoms with Crippen LogP contribution in [0.25, 0.3) is 0 Å². The molecule has 1 aromatic carbocycles. The van der Waals surface area contributed by atoms with E-state index in [2.05, 4.69) is 10.6 Å². The monoisotopic (exact) mass is 386 g/mol. The van der Waals surface area contributed by atoms with Crippen molar-refractivity contribution in [2.45, 2.75) is 45.1 Å². The summed E-state index contributed by atoms with van der Waals surface area (Å²) < 4.78 is 5.03. The molecule has 25 heavy (non-hydrogen) atoms. The minimum atomic E-state index is -1.06. The summed E-state index contributed by atoms with van der Waals surface area (Å²) in [4.78, 5) is 35.3. The zero-order valence-electron chi connectivity index (χ0n) is 14.7. The number of carbonyl (C=O) groups is 3. The van der Waals surface area contributed by atoms with Crippen LogP contribution in [0, 0.1) is 0 Å². The average molecular weight is 387 g/mol. The van der Waals surface area contributed by atoms with Crippen molar-refractivity contribution in [3.8, 4) is 0 Å². The topological polar surface area (TPSA) is 84.5 Å². The van der Waals surface area contributed by atoms with Crippen molar-refractivity contribution >= 4 is 41.3 Å². The molecule has 1 aromatic rings. The fraction of sp³-hybridized carbons (Fsp3) is 0.471. The van der Waals surface area contributed by atoms with Crippen molar-refractivity contribution in [3.05, 3.63) is 34.9 Å². The molecule has 6 nitrogen and oxygen atoms in total. The van der Waals surface area contributed by atoms with Gasteiger partial charge in [0.25, 0.3) is 5.91 Å². The first-order chi connectivity index (χ1) is 11.6. The van der Waals surface area contributed by atoms with Crippen LogP contribution in [-0.4, -0.2) is 35.3 Å². The van der Waals surface area contributed by atoms with Crippen molar-refractivity contribution in [2.75, 3.05) is 5.75 Å². The van der Waals surface area contributed by atoms with E-state index in [0.29, 0.717) is 10.8 Å². The Morgan fingerprint density at radius 1 is 1.24 bits per heavy atom. The molecule has 0 saturated heterocycles. The van der Waals surface area contributed by atoms with E-state index in [1.807, 2.05) is 18.2 Å². The van der Waals surface area contributed by atoms with Crippen molar-refractivity contribution < 1.29 is 19.1 Å². The molecule has 1 rings (SSSR count). The number of nitrogens with one attached hydrogen (secondary N) is 2. The molecule has 0 radical (unpaired) electrons. The molecule has 0 unspecified atom stereocenters. The van der Waals surface area contributed by atoms with E-state index < -0.39 is 29.6 Å². The number of hydrogen-bond donors (Lipinski definition) is 2. The van der Waals surface area contributed by atoms with E-state index in [0.717, 1.165) is 5.56 Å². The number of carbonyl (C=O) groups excluding carboxylic acids is 3. The van der Waals surface area contributed by atoms with Crippen LogP contribution < -0.4 is 10.6 Å². The number of urea groups is 1. The van der Waals surface area contributed by atoms with E-state index in [1.54, 1.807) is 26.8 Å². The molecule has 0 aromatic heterocycles. The van der Waals surface area contributed by atoms with E-state index in [9.17, 15) is 14.4 Å². The highest BCUT2D eigenvalue weighted by molar-refractivity contribution is 7.99. The predicted molar refractivity (Wildman–Crippen MR) is 99.6 cm³/mol. The minimum absolute atomic E-state index is 0.0804. The van der Waals surface area contributed by atoms with E-state index in [4.69, 9.17) is 16.3 Å². The second-order valence-corrected chi connectivity index (χ2v) is 7.80. The Kier molecular flexibility index (Phi) is 8.25. The third kappa shape index (κ3) is 8.79. The second kappa shape index (κ2) is 9.68. The quantitative estimate of drug-likeness (QED) is 0.734. The van der Waals surface area contributed by atoms with Crippen LogP contribution in [0.5, 0.6) is 0 Å². The fourth-order valence-electron chi connectivity index (χ4n) is 1.73. The maximum Gasteiger partial charge on any atom is 0.321 e. The number of amides is 3.